The maximum Gasteiger partial charge on any atom is 0.342 e. The number of carbonyl (C=O) groups is 1. The maximum atomic E-state index is 11.5. The third-order valence-electron chi connectivity index (χ3n) is 1.68. The Hall–Kier alpha value is -1.60. The topological polar surface area (TPSA) is 63.0 Å². The molecule has 1 aromatic heterocycles. The average Bonchev–Trinajstić information content (AvgIpc) is 2.16. The molecule has 1 aromatic rings. The van der Waals surface area contributed by atoms with Crippen LogP contribution >= 0.6 is 11.6 Å². The first-order valence-electron chi connectivity index (χ1n) is 4.34. The minimum Gasteiger partial charge on any atom is -0.462 e. The SMILES string of the molecule is CCOC(=O)c1c(Cl)cc(C)nc1C#N. The zero-order chi connectivity index (χ0) is 11.4. The monoisotopic (exact) mass is 224 g/mol. The second kappa shape index (κ2) is 4.76. The van der Waals surface area contributed by atoms with Crippen molar-refractivity contribution in [2.75, 3.05) is 6.61 Å². The number of nitriles is 1. The highest BCUT2D eigenvalue weighted by Gasteiger charge is 2.18. The summed E-state index contributed by atoms with van der Waals surface area (Å²) >= 11 is 5.85. The third-order valence-corrected chi connectivity index (χ3v) is 1.98. The number of hydrogen-bond donors (Lipinski definition) is 0. The van der Waals surface area contributed by atoms with Gasteiger partial charge < -0.3 is 4.74 Å². The molecule has 5 heteroatoms. The number of rotatable bonds is 2. The van der Waals surface area contributed by atoms with Crippen molar-refractivity contribution >= 4 is 17.6 Å². The van der Waals surface area contributed by atoms with Gasteiger partial charge in [0, 0.05) is 5.69 Å². The van der Waals surface area contributed by atoms with Crippen LogP contribution in [-0.4, -0.2) is 17.6 Å². The number of pyridine rings is 1. The number of esters is 1. The second-order valence-electron chi connectivity index (χ2n) is 2.80. The average molecular weight is 225 g/mol. The molecule has 0 amide bonds. The van der Waals surface area contributed by atoms with Crippen LogP contribution in [0.5, 0.6) is 0 Å². The fourth-order valence-corrected chi connectivity index (χ4v) is 1.44. The lowest BCUT2D eigenvalue weighted by atomic mass is 10.2. The molecule has 0 aliphatic carbocycles. The van der Waals surface area contributed by atoms with Gasteiger partial charge in [-0.25, -0.2) is 9.78 Å². The van der Waals surface area contributed by atoms with E-state index in [2.05, 4.69) is 4.98 Å². The number of aryl methyl sites for hydroxylation is 1. The Morgan fingerprint density at radius 2 is 2.40 bits per heavy atom. The summed E-state index contributed by atoms with van der Waals surface area (Å²) in [6.07, 6.45) is 0. The highest BCUT2D eigenvalue weighted by atomic mass is 35.5. The van der Waals surface area contributed by atoms with Gasteiger partial charge in [0.25, 0.3) is 0 Å². The standard InChI is InChI=1S/C10H9ClN2O2/c1-3-15-10(14)9-7(11)4-6(2)13-8(9)5-12/h4H,3H2,1-2H3. The van der Waals surface area contributed by atoms with E-state index < -0.39 is 5.97 Å². The van der Waals surface area contributed by atoms with Crippen molar-refractivity contribution in [3.63, 3.8) is 0 Å². The van der Waals surface area contributed by atoms with Crippen molar-refractivity contribution in [2.45, 2.75) is 13.8 Å². The van der Waals surface area contributed by atoms with Gasteiger partial charge >= 0.3 is 5.97 Å². The Labute approximate surface area is 92.4 Å². The van der Waals surface area contributed by atoms with E-state index in [0.717, 1.165) is 0 Å². The molecule has 4 nitrogen and oxygen atoms in total. The van der Waals surface area contributed by atoms with E-state index in [1.165, 1.54) is 6.07 Å². The number of carbonyl (C=O) groups excluding carboxylic acids is 1. The number of nitrogens with zero attached hydrogens (tertiary/aromatic N) is 2. The van der Waals surface area contributed by atoms with E-state index in [1.54, 1.807) is 13.8 Å². The number of ether oxygens (including phenoxy) is 1. The maximum absolute atomic E-state index is 11.5. The summed E-state index contributed by atoms with van der Waals surface area (Å²) in [7, 11) is 0. The first-order valence-corrected chi connectivity index (χ1v) is 4.72. The van der Waals surface area contributed by atoms with Crippen LogP contribution in [0.4, 0.5) is 0 Å². The largest absolute Gasteiger partial charge is 0.462 e. The molecule has 0 aliphatic rings. The van der Waals surface area contributed by atoms with Gasteiger partial charge in [-0.15, -0.1) is 0 Å². The van der Waals surface area contributed by atoms with Crippen molar-refractivity contribution < 1.29 is 9.53 Å². The summed E-state index contributed by atoms with van der Waals surface area (Å²) in [5.41, 5.74) is 0.620. The van der Waals surface area contributed by atoms with Crippen molar-refractivity contribution in [1.82, 2.24) is 4.98 Å². The molecule has 0 aliphatic heterocycles. The number of hydrogen-bond acceptors (Lipinski definition) is 4. The molecule has 0 fully saturated rings. The van der Waals surface area contributed by atoms with Gasteiger partial charge in [0.1, 0.15) is 11.6 Å². The van der Waals surface area contributed by atoms with Gasteiger partial charge in [-0.05, 0) is 19.9 Å². The first kappa shape index (κ1) is 11.5. The molecule has 0 unspecified atom stereocenters. The first-order chi connectivity index (χ1) is 7.10. The van der Waals surface area contributed by atoms with Gasteiger partial charge in [-0.1, -0.05) is 11.6 Å². The molecule has 78 valence electrons. The van der Waals surface area contributed by atoms with Crippen molar-refractivity contribution in [3.8, 4) is 6.07 Å². The number of halogens is 1. The lowest BCUT2D eigenvalue weighted by Crippen LogP contribution is -2.09. The van der Waals surface area contributed by atoms with E-state index in [4.69, 9.17) is 21.6 Å². The van der Waals surface area contributed by atoms with Gasteiger partial charge in [-0.3, -0.25) is 0 Å². The Morgan fingerprint density at radius 3 is 2.93 bits per heavy atom. The molecule has 0 spiro atoms. The summed E-state index contributed by atoms with van der Waals surface area (Å²) in [4.78, 5) is 15.4. The minimum absolute atomic E-state index is 0.00144. The molecule has 0 N–H and O–H groups in total. The highest BCUT2D eigenvalue weighted by molar-refractivity contribution is 6.33. The van der Waals surface area contributed by atoms with Gasteiger partial charge in [-0.2, -0.15) is 5.26 Å². The summed E-state index contributed by atoms with van der Waals surface area (Å²) in [6.45, 7) is 3.61. The van der Waals surface area contributed by atoms with Crippen LogP contribution in [0.2, 0.25) is 5.02 Å². The van der Waals surface area contributed by atoms with Crippen LogP contribution in [-0.2, 0) is 4.74 Å². The van der Waals surface area contributed by atoms with Crippen molar-refractivity contribution in [2.24, 2.45) is 0 Å². The minimum atomic E-state index is -0.619. The van der Waals surface area contributed by atoms with Crippen LogP contribution in [0.15, 0.2) is 6.07 Å². The van der Waals surface area contributed by atoms with Gasteiger partial charge in [0.05, 0.1) is 11.6 Å². The van der Waals surface area contributed by atoms with Crippen molar-refractivity contribution in [1.29, 1.82) is 5.26 Å². The summed E-state index contributed by atoms with van der Waals surface area (Å²) < 4.78 is 4.78. The molecule has 0 atom stereocenters. The lowest BCUT2D eigenvalue weighted by molar-refractivity contribution is 0.0525. The Bertz CT molecular complexity index is 438. The Morgan fingerprint density at radius 1 is 1.73 bits per heavy atom. The van der Waals surface area contributed by atoms with Crippen LogP contribution in [0.25, 0.3) is 0 Å². The molecule has 0 saturated heterocycles. The van der Waals surface area contributed by atoms with E-state index in [1.807, 2.05) is 6.07 Å². The molecule has 0 radical (unpaired) electrons. The Kier molecular flexibility index (Phi) is 3.64. The van der Waals surface area contributed by atoms with E-state index in [0.29, 0.717) is 5.69 Å². The molecule has 0 saturated carbocycles. The lowest BCUT2D eigenvalue weighted by Gasteiger charge is -2.06. The molecule has 1 heterocycles. The molecule has 0 aromatic carbocycles. The van der Waals surface area contributed by atoms with Crippen molar-refractivity contribution in [3.05, 3.63) is 28.0 Å². The van der Waals surface area contributed by atoms with Crippen LogP contribution in [0, 0.1) is 18.3 Å². The predicted molar refractivity (Wildman–Crippen MR) is 54.7 cm³/mol. The third kappa shape index (κ3) is 2.45. The molecule has 0 bridgehead atoms. The summed E-state index contributed by atoms with van der Waals surface area (Å²) in [6, 6.07) is 3.34. The van der Waals surface area contributed by atoms with Gasteiger partial charge in [0.15, 0.2) is 5.69 Å². The van der Waals surface area contributed by atoms with Gasteiger partial charge in [0.2, 0.25) is 0 Å². The normalized spacial score (nSPS) is 9.47. The smallest absolute Gasteiger partial charge is 0.342 e. The quantitative estimate of drug-likeness (QED) is 0.722. The van der Waals surface area contributed by atoms with E-state index in [-0.39, 0.29) is 22.9 Å². The predicted octanol–water partition coefficient (Wildman–Crippen LogP) is 2.09. The fraction of sp³-hybridized carbons (Fsp3) is 0.300. The summed E-state index contributed by atoms with van der Waals surface area (Å²) in [5, 5.41) is 9.00. The fourth-order valence-electron chi connectivity index (χ4n) is 1.11. The second-order valence-corrected chi connectivity index (χ2v) is 3.21. The zero-order valence-corrected chi connectivity index (χ0v) is 9.13. The van der Waals surface area contributed by atoms with E-state index >= 15 is 0 Å². The van der Waals surface area contributed by atoms with Crippen LogP contribution < -0.4 is 0 Å². The Balaban J connectivity index is 3.28. The highest BCUT2D eigenvalue weighted by Crippen LogP contribution is 2.20. The van der Waals surface area contributed by atoms with E-state index in [9.17, 15) is 4.79 Å². The molecule has 1 rings (SSSR count). The zero-order valence-electron chi connectivity index (χ0n) is 8.37. The summed E-state index contributed by atoms with van der Waals surface area (Å²) in [5.74, 6) is -0.619. The molecular formula is C10H9ClN2O2. The number of aromatic nitrogens is 1. The molecule has 15 heavy (non-hydrogen) atoms. The van der Waals surface area contributed by atoms with Crippen LogP contribution in [0.1, 0.15) is 28.7 Å². The molecular weight excluding hydrogens is 216 g/mol. The van der Waals surface area contributed by atoms with Crippen LogP contribution in [0.3, 0.4) is 0 Å².